The third-order valence-corrected chi connectivity index (χ3v) is 5.98. The lowest BCUT2D eigenvalue weighted by atomic mass is 10.1. The second-order valence-electron chi connectivity index (χ2n) is 5.25. The number of hydrogen-bond acceptors (Lipinski definition) is 3. The van der Waals surface area contributed by atoms with Crippen molar-refractivity contribution in [2.24, 2.45) is 0 Å². The molecule has 0 unspecified atom stereocenters. The van der Waals surface area contributed by atoms with E-state index < -0.39 is 21.3 Å². The van der Waals surface area contributed by atoms with Gasteiger partial charge in [0.15, 0.2) is 16.4 Å². The minimum Gasteiger partial charge on any atom is -0.346 e. The van der Waals surface area contributed by atoms with E-state index in [1.807, 2.05) is 0 Å². The van der Waals surface area contributed by atoms with Crippen molar-refractivity contribution in [3.63, 3.8) is 0 Å². The molecule has 1 amide bonds. The number of rotatable bonds is 3. The van der Waals surface area contributed by atoms with Gasteiger partial charge in [0.1, 0.15) is 0 Å². The highest BCUT2D eigenvalue weighted by atomic mass is 35.5. The van der Waals surface area contributed by atoms with Crippen molar-refractivity contribution in [1.82, 2.24) is 5.32 Å². The Morgan fingerprint density at radius 3 is 2.44 bits per heavy atom. The number of amides is 1. The molecule has 104 valence electrons. The molecule has 2 atom stereocenters. The van der Waals surface area contributed by atoms with Gasteiger partial charge in [-0.1, -0.05) is 0 Å². The van der Waals surface area contributed by atoms with Crippen LogP contribution in [0.2, 0.25) is 0 Å². The van der Waals surface area contributed by atoms with Crippen molar-refractivity contribution < 1.29 is 18.1 Å². The molecule has 0 radical (unpaired) electrons. The lowest BCUT2D eigenvalue weighted by molar-refractivity contribution is -0.896. The van der Waals surface area contributed by atoms with E-state index in [4.69, 9.17) is 11.6 Å². The predicted octanol–water partition coefficient (Wildman–Crippen LogP) is -1.42. The number of sulfone groups is 1. The van der Waals surface area contributed by atoms with E-state index in [0.717, 1.165) is 13.1 Å². The highest BCUT2D eigenvalue weighted by molar-refractivity contribution is 7.91. The zero-order chi connectivity index (χ0) is 13.2. The summed E-state index contributed by atoms with van der Waals surface area (Å²) < 4.78 is 22.8. The Morgan fingerprint density at radius 2 is 1.89 bits per heavy atom. The van der Waals surface area contributed by atoms with Crippen LogP contribution in [-0.4, -0.2) is 56.9 Å². The average Bonchev–Trinajstić information content (AvgIpc) is 2.53. The topological polar surface area (TPSA) is 67.7 Å². The fraction of sp³-hybridized carbons (Fsp3) is 0.909. The van der Waals surface area contributed by atoms with Crippen molar-refractivity contribution >= 4 is 27.3 Å². The molecule has 0 saturated carbocycles. The van der Waals surface area contributed by atoms with Gasteiger partial charge in [-0.05, 0) is 19.3 Å². The first-order chi connectivity index (χ1) is 8.46. The van der Waals surface area contributed by atoms with Gasteiger partial charge in [-0.15, -0.1) is 11.6 Å². The number of hydrogen-bond donors (Lipinski definition) is 2. The van der Waals surface area contributed by atoms with Crippen LogP contribution >= 0.6 is 11.6 Å². The molecule has 2 saturated heterocycles. The molecule has 0 aromatic carbocycles. The fourth-order valence-corrected chi connectivity index (χ4v) is 5.20. The molecule has 2 rings (SSSR count). The number of carbonyl (C=O) groups is 1. The quantitative estimate of drug-likeness (QED) is 0.628. The van der Waals surface area contributed by atoms with E-state index in [0.29, 0.717) is 6.54 Å². The van der Waals surface area contributed by atoms with Crippen molar-refractivity contribution in [2.45, 2.75) is 30.7 Å². The molecule has 0 aromatic rings. The SMILES string of the molecule is O=C(C[NH+]1CCCCC1)N[C@@H]1CS(=O)(=O)C[C@H]1Cl. The Labute approximate surface area is 113 Å². The Hall–Kier alpha value is -0.330. The van der Waals surface area contributed by atoms with Gasteiger partial charge >= 0.3 is 0 Å². The van der Waals surface area contributed by atoms with Crippen molar-refractivity contribution in [2.75, 3.05) is 31.1 Å². The molecule has 2 fully saturated rings. The lowest BCUT2D eigenvalue weighted by Crippen LogP contribution is -3.14. The van der Waals surface area contributed by atoms with Crippen LogP contribution < -0.4 is 10.2 Å². The molecule has 7 heteroatoms. The minimum absolute atomic E-state index is 0.0256. The monoisotopic (exact) mass is 295 g/mol. The van der Waals surface area contributed by atoms with Crippen molar-refractivity contribution in [3.05, 3.63) is 0 Å². The predicted molar refractivity (Wildman–Crippen MR) is 69.6 cm³/mol. The number of quaternary nitrogens is 1. The van der Waals surface area contributed by atoms with Crippen LogP contribution in [0.15, 0.2) is 0 Å². The molecule has 0 aliphatic carbocycles. The summed E-state index contributed by atoms with van der Waals surface area (Å²) in [6.45, 7) is 2.49. The van der Waals surface area contributed by atoms with Gasteiger partial charge in [-0.2, -0.15) is 0 Å². The molecular weight excluding hydrogens is 276 g/mol. The van der Waals surface area contributed by atoms with E-state index in [-0.39, 0.29) is 17.4 Å². The largest absolute Gasteiger partial charge is 0.346 e. The van der Waals surface area contributed by atoms with Crippen molar-refractivity contribution in [1.29, 1.82) is 0 Å². The number of likely N-dealkylation sites (tertiary alicyclic amines) is 1. The molecule has 2 heterocycles. The molecule has 18 heavy (non-hydrogen) atoms. The molecular formula is C11H20ClN2O3S+. The van der Waals surface area contributed by atoms with Crippen LogP contribution in [-0.2, 0) is 14.6 Å². The number of halogens is 1. The lowest BCUT2D eigenvalue weighted by Gasteiger charge is -2.24. The molecule has 0 bridgehead atoms. The smallest absolute Gasteiger partial charge is 0.275 e. The molecule has 2 N–H and O–H groups in total. The summed E-state index contributed by atoms with van der Waals surface area (Å²) in [6.07, 6.45) is 3.58. The van der Waals surface area contributed by atoms with Gasteiger partial charge < -0.3 is 10.2 Å². The minimum atomic E-state index is -3.08. The van der Waals surface area contributed by atoms with Crippen molar-refractivity contribution in [3.8, 4) is 0 Å². The molecule has 5 nitrogen and oxygen atoms in total. The summed E-state index contributed by atoms with van der Waals surface area (Å²) in [7, 11) is -3.08. The highest BCUT2D eigenvalue weighted by Gasteiger charge is 2.37. The first kappa shape index (κ1) is 14.1. The average molecular weight is 296 g/mol. The summed E-state index contributed by atoms with van der Waals surface area (Å²) in [5.41, 5.74) is 0. The second kappa shape index (κ2) is 5.75. The second-order valence-corrected chi connectivity index (χ2v) is 7.97. The van der Waals surface area contributed by atoms with Crippen LogP contribution in [0.3, 0.4) is 0 Å². The van der Waals surface area contributed by atoms with Gasteiger partial charge in [0.2, 0.25) is 0 Å². The zero-order valence-electron chi connectivity index (χ0n) is 10.3. The maximum absolute atomic E-state index is 11.8. The molecule has 2 aliphatic rings. The summed E-state index contributed by atoms with van der Waals surface area (Å²) in [6, 6.07) is -0.423. The van der Waals surface area contributed by atoms with Gasteiger partial charge in [0, 0.05) is 0 Å². The summed E-state index contributed by atoms with van der Waals surface area (Å²) >= 11 is 5.95. The van der Waals surface area contributed by atoms with Gasteiger partial charge in [0.05, 0.1) is 36.0 Å². The third-order valence-electron chi connectivity index (χ3n) is 3.60. The maximum Gasteiger partial charge on any atom is 0.275 e. The van der Waals surface area contributed by atoms with Gasteiger partial charge in [-0.3, -0.25) is 4.79 Å². The van der Waals surface area contributed by atoms with E-state index in [1.54, 1.807) is 0 Å². The van der Waals surface area contributed by atoms with Gasteiger partial charge in [0.25, 0.3) is 5.91 Å². The maximum atomic E-state index is 11.8. The Bertz CT molecular complexity index is 407. The van der Waals surface area contributed by atoms with E-state index in [2.05, 4.69) is 5.32 Å². The Balaban J connectivity index is 1.80. The summed E-state index contributed by atoms with van der Waals surface area (Å²) in [4.78, 5) is 13.1. The Kier molecular flexibility index (Phi) is 4.50. The van der Waals surface area contributed by atoms with E-state index >= 15 is 0 Å². The molecule has 2 aliphatic heterocycles. The molecule has 0 aromatic heterocycles. The van der Waals surface area contributed by atoms with Crippen LogP contribution in [0.4, 0.5) is 0 Å². The van der Waals surface area contributed by atoms with E-state index in [1.165, 1.54) is 24.2 Å². The Morgan fingerprint density at radius 1 is 1.22 bits per heavy atom. The third kappa shape index (κ3) is 3.83. The number of alkyl halides is 1. The van der Waals surface area contributed by atoms with Crippen LogP contribution in [0.1, 0.15) is 19.3 Å². The van der Waals surface area contributed by atoms with Crippen LogP contribution in [0.25, 0.3) is 0 Å². The van der Waals surface area contributed by atoms with Gasteiger partial charge in [-0.25, -0.2) is 8.42 Å². The molecule has 0 spiro atoms. The number of piperidine rings is 1. The summed E-state index contributed by atoms with van der Waals surface area (Å²) in [5, 5.41) is 2.27. The van der Waals surface area contributed by atoms with E-state index in [9.17, 15) is 13.2 Å². The fourth-order valence-electron chi connectivity index (χ4n) is 2.65. The normalized spacial score (nSPS) is 32.3. The number of nitrogens with one attached hydrogen (secondary N) is 2. The van der Waals surface area contributed by atoms with Crippen LogP contribution in [0, 0.1) is 0 Å². The summed E-state index contributed by atoms with van der Waals surface area (Å²) in [5.74, 6) is -0.141. The first-order valence-electron chi connectivity index (χ1n) is 6.44. The standard InChI is InChI=1S/C11H19ClN2O3S/c12-9-7-18(16,17)8-10(9)13-11(15)6-14-4-2-1-3-5-14/h9-10H,1-8H2,(H,13,15)/p+1/t9-,10-/m1/s1. The number of carbonyl (C=O) groups excluding carboxylic acids is 1. The van der Waals surface area contributed by atoms with Crippen LogP contribution in [0.5, 0.6) is 0 Å². The highest BCUT2D eigenvalue weighted by Crippen LogP contribution is 2.17. The first-order valence-corrected chi connectivity index (χ1v) is 8.69. The zero-order valence-corrected chi connectivity index (χ0v) is 11.9.